The molecule has 0 spiro atoms. The van der Waals surface area contributed by atoms with Crippen molar-refractivity contribution in [1.29, 1.82) is 0 Å². The first-order chi connectivity index (χ1) is 14.2. The lowest BCUT2D eigenvalue weighted by Gasteiger charge is -2.03. The molecule has 7 heteroatoms. The van der Waals surface area contributed by atoms with Crippen LogP contribution in [0.3, 0.4) is 0 Å². The summed E-state index contributed by atoms with van der Waals surface area (Å²) in [4.78, 5) is 29.4. The Morgan fingerprint density at radius 3 is 2.48 bits per heavy atom. The van der Waals surface area contributed by atoms with Gasteiger partial charge in [0.2, 0.25) is 4.80 Å². The van der Waals surface area contributed by atoms with Crippen LogP contribution in [0.1, 0.15) is 68.0 Å². The predicted octanol–water partition coefficient (Wildman–Crippen LogP) is 4.90. The smallest absolute Gasteiger partial charge is 0.348 e. The third-order valence-electron chi connectivity index (χ3n) is 4.35. The second-order valence-corrected chi connectivity index (χ2v) is 7.70. The quantitative estimate of drug-likeness (QED) is 0.297. The maximum atomic E-state index is 12.5. The molecule has 0 fully saturated rings. The van der Waals surface area contributed by atoms with E-state index in [1.807, 2.05) is 30.3 Å². The molecular formula is C22H29N3O3S. The molecule has 0 amide bonds. The minimum atomic E-state index is -0.559. The molecule has 0 bridgehead atoms. The molecule has 0 unspecified atom stereocenters. The first-order valence-corrected chi connectivity index (χ1v) is 11.0. The van der Waals surface area contributed by atoms with Crippen LogP contribution in [0.4, 0.5) is 5.69 Å². The zero-order valence-electron chi connectivity index (χ0n) is 17.2. The van der Waals surface area contributed by atoms with Crippen LogP contribution < -0.4 is 10.4 Å². The summed E-state index contributed by atoms with van der Waals surface area (Å²) in [5.74, 6) is -0.559. The monoisotopic (exact) mass is 415 g/mol. The van der Waals surface area contributed by atoms with E-state index in [0.29, 0.717) is 10.5 Å². The Morgan fingerprint density at radius 2 is 1.79 bits per heavy atom. The van der Waals surface area contributed by atoms with E-state index in [4.69, 9.17) is 4.74 Å². The van der Waals surface area contributed by atoms with Crippen molar-refractivity contribution in [3.8, 4) is 0 Å². The van der Waals surface area contributed by atoms with Gasteiger partial charge < -0.3 is 4.74 Å². The standard InChI is InChI=1S/C22H29N3O3S/c1-3-4-5-6-7-8-9-13-16-23-25-20(26)17-19(21(27)28-2)29-22(25)24-18-14-11-10-12-15-18/h10-12,14-17H,3-9,13H2,1-2H3/b23-16+,24-22?. The van der Waals surface area contributed by atoms with Gasteiger partial charge in [-0.25, -0.2) is 9.79 Å². The van der Waals surface area contributed by atoms with Gasteiger partial charge in [-0.1, -0.05) is 75.0 Å². The maximum absolute atomic E-state index is 12.5. The summed E-state index contributed by atoms with van der Waals surface area (Å²) in [6.07, 6.45) is 11.1. The summed E-state index contributed by atoms with van der Waals surface area (Å²) in [5.41, 5.74) is 0.274. The van der Waals surface area contributed by atoms with Crippen LogP contribution in [-0.4, -0.2) is 24.0 Å². The molecule has 0 radical (unpaired) electrons. The van der Waals surface area contributed by atoms with Gasteiger partial charge in [-0.3, -0.25) is 4.79 Å². The number of methoxy groups -OCH3 is 1. The van der Waals surface area contributed by atoms with E-state index in [-0.39, 0.29) is 4.88 Å². The van der Waals surface area contributed by atoms with Crippen LogP contribution in [0.2, 0.25) is 0 Å². The molecule has 156 valence electrons. The molecule has 0 N–H and O–H groups in total. The second kappa shape index (κ2) is 12.8. The molecule has 1 aromatic heterocycles. The fraction of sp³-hybridized carbons (Fsp3) is 0.455. The number of unbranched alkanes of at least 4 members (excludes halogenated alkanes) is 7. The first-order valence-electron chi connectivity index (χ1n) is 10.1. The van der Waals surface area contributed by atoms with E-state index in [9.17, 15) is 9.59 Å². The third kappa shape index (κ3) is 7.77. The lowest BCUT2D eigenvalue weighted by atomic mass is 10.1. The summed E-state index contributed by atoms with van der Waals surface area (Å²) in [6.45, 7) is 2.22. The van der Waals surface area contributed by atoms with Crippen LogP contribution in [0.25, 0.3) is 0 Å². The average Bonchev–Trinajstić information content (AvgIpc) is 2.74. The molecule has 2 aromatic rings. The first kappa shape index (κ1) is 22.7. The van der Waals surface area contributed by atoms with Crippen molar-refractivity contribution in [2.24, 2.45) is 10.1 Å². The number of esters is 1. The fourth-order valence-electron chi connectivity index (χ4n) is 2.76. The number of nitrogens with zero attached hydrogens (tertiary/aromatic N) is 3. The molecule has 1 aromatic carbocycles. The molecule has 0 saturated heterocycles. The molecule has 0 aliphatic carbocycles. The molecule has 0 saturated carbocycles. The Bertz CT molecular complexity index is 917. The van der Waals surface area contributed by atoms with E-state index in [2.05, 4.69) is 17.0 Å². The second-order valence-electron chi connectivity index (χ2n) is 6.69. The molecule has 6 nitrogen and oxygen atoms in total. The largest absolute Gasteiger partial charge is 0.465 e. The van der Waals surface area contributed by atoms with E-state index in [0.717, 1.165) is 30.6 Å². The van der Waals surface area contributed by atoms with Crippen molar-refractivity contribution in [2.45, 2.75) is 58.3 Å². The number of ether oxygens (including phenoxy) is 1. The van der Waals surface area contributed by atoms with Crippen LogP contribution in [-0.2, 0) is 4.74 Å². The van der Waals surface area contributed by atoms with Gasteiger partial charge >= 0.3 is 5.97 Å². The minimum absolute atomic E-state index is 0.200. The molecule has 0 aliphatic rings. The van der Waals surface area contributed by atoms with E-state index >= 15 is 0 Å². The maximum Gasteiger partial charge on any atom is 0.348 e. The van der Waals surface area contributed by atoms with Gasteiger partial charge in [0.25, 0.3) is 5.56 Å². The van der Waals surface area contributed by atoms with Gasteiger partial charge in [0.1, 0.15) is 4.88 Å². The molecule has 0 aliphatic heterocycles. The lowest BCUT2D eigenvalue weighted by molar-refractivity contribution is 0.0606. The highest BCUT2D eigenvalue weighted by Gasteiger charge is 2.11. The highest BCUT2D eigenvalue weighted by Crippen LogP contribution is 2.10. The minimum Gasteiger partial charge on any atom is -0.465 e. The molecular weight excluding hydrogens is 386 g/mol. The van der Waals surface area contributed by atoms with Gasteiger partial charge in [-0.2, -0.15) is 9.78 Å². The van der Waals surface area contributed by atoms with Crippen LogP contribution in [0, 0.1) is 0 Å². The van der Waals surface area contributed by atoms with Gasteiger partial charge in [0, 0.05) is 12.3 Å². The lowest BCUT2D eigenvalue weighted by Crippen LogP contribution is -2.29. The summed E-state index contributed by atoms with van der Waals surface area (Å²) < 4.78 is 5.98. The number of carbonyl (C=O) groups excluding carboxylic acids is 1. The Labute approximate surface area is 175 Å². The van der Waals surface area contributed by atoms with Crippen molar-refractivity contribution in [3.63, 3.8) is 0 Å². The number of hydrogen-bond donors (Lipinski definition) is 0. The van der Waals surface area contributed by atoms with E-state index in [1.54, 1.807) is 6.21 Å². The zero-order chi connectivity index (χ0) is 20.9. The Morgan fingerprint density at radius 1 is 1.10 bits per heavy atom. The summed E-state index contributed by atoms with van der Waals surface area (Å²) in [6, 6.07) is 10.5. The van der Waals surface area contributed by atoms with E-state index in [1.165, 1.54) is 50.0 Å². The van der Waals surface area contributed by atoms with Gasteiger partial charge in [-0.05, 0) is 25.0 Å². The zero-order valence-corrected chi connectivity index (χ0v) is 18.0. The highest BCUT2D eigenvalue weighted by molar-refractivity contribution is 7.11. The van der Waals surface area contributed by atoms with Gasteiger partial charge in [0.05, 0.1) is 12.8 Å². The third-order valence-corrected chi connectivity index (χ3v) is 5.30. The summed E-state index contributed by atoms with van der Waals surface area (Å²) >= 11 is 1.08. The highest BCUT2D eigenvalue weighted by atomic mass is 32.1. The molecule has 0 atom stereocenters. The molecule has 2 rings (SSSR count). The topological polar surface area (TPSA) is 73.0 Å². The Balaban J connectivity index is 2.15. The number of benzene rings is 1. The number of aromatic nitrogens is 1. The van der Waals surface area contributed by atoms with Crippen LogP contribution in [0.15, 0.2) is 51.3 Å². The summed E-state index contributed by atoms with van der Waals surface area (Å²) in [7, 11) is 1.29. The van der Waals surface area contributed by atoms with Crippen molar-refractivity contribution < 1.29 is 9.53 Å². The van der Waals surface area contributed by atoms with Crippen LogP contribution >= 0.6 is 11.3 Å². The SMILES string of the molecule is CCCCCCCCC/C=N/n1c(=O)cc(C(=O)OC)sc1=Nc1ccccc1. The van der Waals surface area contributed by atoms with Crippen molar-refractivity contribution in [2.75, 3.05) is 7.11 Å². The average molecular weight is 416 g/mol. The number of hydrogen-bond acceptors (Lipinski definition) is 6. The van der Waals surface area contributed by atoms with Crippen LogP contribution in [0.5, 0.6) is 0 Å². The number of rotatable bonds is 11. The Kier molecular flexibility index (Phi) is 10.1. The fourth-order valence-corrected chi connectivity index (χ4v) is 3.66. The van der Waals surface area contributed by atoms with Gasteiger partial charge in [0.15, 0.2) is 0 Å². The molecule has 29 heavy (non-hydrogen) atoms. The predicted molar refractivity (Wildman–Crippen MR) is 118 cm³/mol. The van der Waals surface area contributed by atoms with E-state index < -0.39 is 11.5 Å². The van der Waals surface area contributed by atoms with Crippen molar-refractivity contribution in [3.05, 3.63) is 56.4 Å². The number of para-hydroxylation sites is 1. The summed E-state index contributed by atoms with van der Waals surface area (Å²) in [5, 5.41) is 4.32. The normalized spacial score (nSPS) is 11.9. The van der Waals surface area contributed by atoms with Crippen molar-refractivity contribution in [1.82, 2.24) is 4.68 Å². The Hall–Kier alpha value is -2.54. The molecule has 1 heterocycles. The van der Waals surface area contributed by atoms with Gasteiger partial charge in [-0.15, -0.1) is 0 Å². The number of carbonyl (C=O) groups is 1. The van der Waals surface area contributed by atoms with Crippen molar-refractivity contribution >= 4 is 29.2 Å².